The maximum absolute atomic E-state index is 12.5. The van der Waals surface area contributed by atoms with Crippen LogP contribution in [0.25, 0.3) is 0 Å². The van der Waals surface area contributed by atoms with Crippen LogP contribution in [0.1, 0.15) is 134 Å². The Kier molecular flexibility index (Phi) is 14.7. The molecule has 2 rings (SSSR count). The van der Waals surface area contributed by atoms with Crippen molar-refractivity contribution in [3.05, 3.63) is 22.3 Å². The van der Waals surface area contributed by atoms with Gasteiger partial charge in [-0.1, -0.05) is 72.6 Å². The normalized spacial score (nSPS) is 18.0. The number of carbonyl (C=O) groups is 2. The molecule has 1 aromatic rings. The van der Waals surface area contributed by atoms with Crippen LogP contribution in [0.2, 0.25) is 0 Å². The molecule has 0 amide bonds. The highest BCUT2D eigenvalue weighted by Gasteiger charge is 2.34. The zero-order valence-electron chi connectivity index (χ0n) is 27.3. The Bertz CT molecular complexity index is 984. The van der Waals surface area contributed by atoms with Crippen molar-refractivity contribution in [1.29, 1.82) is 0 Å². The van der Waals surface area contributed by atoms with Gasteiger partial charge in [0, 0.05) is 5.56 Å². The lowest BCUT2D eigenvalue weighted by molar-refractivity contribution is -0.147. The number of benzene rings is 1. The first-order valence-corrected chi connectivity index (χ1v) is 16.2. The number of carbonyl (C=O) groups excluding carboxylic acids is 2. The van der Waals surface area contributed by atoms with Crippen LogP contribution in [-0.4, -0.2) is 35.9 Å². The van der Waals surface area contributed by atoms with Gasteiger partial charge in [-0.2, -0.15) is 0 Å². The lowest BCUT2D eigenvalue weighted by atomic mass is 9.83. The van der Waals surface area contributed by atoms with E-state index in [-0.39, 0.29) is 31.7 Å². The molecule has 0 aromatic heterocycles. The summed E-state index contributed by atoms with van der Waals surface area (Å²) in [6.07, 6.45) is 13.2. The summed E-state index contributed by atoms with van der Waals surface area (Å²) in [4.78, 5) is 24.2. The predicted molar refractivity (Wildman–Crippen MR) is 166 cm³/mol. The van der Waals surface area contributed by atoms with Gasteiger partial charge in [0.1, 0.15) is 23.7 Å². The molecular weight excluding hydrogens is 516 g/mol. The molecule has 0 fully saturated rings. The van der Waals surface area contributed by atoms with E-state index < -0.39 is 11.9 Å². The van der Waals surface area contributed by atoms with Crippen molar-refractivity contribution < 1.29 is 28.9 Å². The molecule has 0 spiro atoms. The predicted octanol–water partition coefficient (Wildman–Crippen LogP) is 8.36. The van der Waals surface area contributed by atoms with E-state index in [1.807, 2.05) is 20.8 Å². The van der Waals surface area contributed by atoms with Gasteiger partial charge in [-0.05, 0) is 87.8 Å². The first-order valence-electron chi connectivity index (χ1n) is 16.2. The van der Waals surface area contributed by atoms with Gasteiger partial charge in [-0.3, -0.25) is 9.59 Å². The van der Waals surface area contributed by atoms with Crippen molar-refractivity contribution in [3.8, 4) is 11.5 Å². The Labute approximate surface area is 249 Å². The minimum absolute atomic E-state index is 0.0633. The van der Waals surface area contributed by atoms with E-state index in [4.69, 9.17) is 19.3 Å². The number of esters is 2. The molecule has 3 atom stereocenters. The van der Waals surface area contributed by atoms with Crippen molar-refractivity contribution in [1.82, 2.24) is 0 Å². The maximum Gasteiger partial charge on any atom is 0.311 e. The minimum Gasteiger partial charge on any atom is -0.487 e. The number of aliphatic hydroxyl groups is 1. The van der Waals surface area contributed by atoms with Crippen molar-refractivity contribution in [2.24, 2.45) is 17.8 Å². The summed E-state index contributed by atoms with van der Waals surface area (Å²) in [5.74, 6) is 2.95. The standard InChI is InChI=1S/C35H58O6/c1-24(2)12-9-13-25(3)14-10-15-26(4)16-11-20-35(8)21-19-30-29(7)33(27(5)28(6)34(30)41-35)40-32(38)18-17-31(37)39-23-22-36/h24-26,36H,9-23H2,1-8H3/t25-,26-,35-/m1/s1. The molecule has 1 N–H and O–H groups in total. The third kappa shape index (κ3) is 11.6. The monoisotopic (exact) mass is 574 g/mol. The third-order valence-corrected chi connectivity index (χ3v) is 8.94. The van der Waals surface area contributed by atoms with Crippen molar-refractivity contribution in [3.63, 3.8) is 0 Å². The number of hydrogen-bond acceptors (Lipinski definition) is 6. The highest BCUT2D eigenvalue weighted by Crippen LogP contribution is 2.45. The number of ether oxygens (including phenoxy) is 3. The molecule has 234 valence electrons. The van der Waals surface area contributed by atoms with Crippen molar-refractivity contribution in [2.45, 2.75) is 144 Å². The molecule has 0 unspecified atom stereocenters. The van der Waals surface area contributed by atoms with E-state index >= 15 is 0 Å². The summed E-state index contributed by atoms with van der Waals surface area (Å²) in [5.41, 5.74) is 3.78. The quantitative estimate of drug-likeness (QED) is 0.140. The van der Waals surface area contributed by atoms with Crippen LogP contribution in [0, 0.1) is 38.5 Å². The average molecular weight is 575 g/mol. The fourth-order valence-electron chi connectivity index (χ4n) is 6.01. The molecular formula is C35H58O6. The number of rotatable bonds is 18. The SMILES string of the molecule is Cc1c(C)c2c(c(C)c1OC(=O)CCC(=O)OCCO)CC[C@@](C)(CCC[C@H](C)CCC[C@H](C)CCCC(C)C)O2. The summed E-state index contributed by atoms with van der Waals surface area (Å²) < 4.78 is 17.3. The Hall–Kier alpha value is -2.08. The fraction of sp³-hybridized carbons (Fsp3) is 0.771. The lowest BCUT2D eigenvalue weighted by Gasteiger charge is -2.38. The summed E-state index contributed by atoms with van der Waals surface area (Å²) in [6.45, 7) is 17.4. The largest absolute Gasteiger partial charge is 0.487 e. The van der Waals surface area contributed by atoms with Crippen LogP contribution in [0.3, 0.4) is 0 Å². The van der Waals surface area contributed by atoms with E-state index in [0.29, 0.717) is 5.75 Å². The van der Waals surface area contributed by atoms with Crippen molar-refractivity contribution >= 4 is 11.9 Å². The third-order valence-electron chi connectivity index (χ3n) is 8.94. The zero-order chi connectivity index (χ0) is 30.6. The highest BCUT2D eigenvalue weighted by molar-refractivity contribution is 5.80. The summed E-state index contributed by atoms with van der Waals surface area (Å²) in [5, 5.41) is 8.76. The first kappa shape index (κ1) is 35.1. The van der Waals surface area contributed by atoms with Crippen LogP contribution in [0.15, 0.2) is 0 Å². The lowest BCUT2D eigenvalue weighted by Crippen LogP contribution is -2.37. The van der Waals surface area contributed by atoms with Gasteiger partial charge in [0.15, 0.2) is 0 Å². The fourth-order valence-corrected chi connectivity index (χ4v) is 6.01. The molecule has 0 saturated carbocycles. The second kappa shape index (κ2) is 17.1. The molecule has 1 aromatic carbocycles. The molecule has 1 aliphatic rings. The van der Waals surface area contributed by atoms with Crippen LogP contribution < -0.4 is 9.47 Å². The van der Waals surface area contributed by atoms with Gasteiger partial charge in [-0.15, -0.1) is 0 Å². The second-order valence-electron chi connectivity index (χ2n) is 13.3. The number of aliphatic hydroxyl groups excluding tert-OH is 1. The molecule has 0 aliphatic carbocycles. The van der Waals surface area contributed by atoms with Crippen molar-refractivity contribution in [2.75, 3.05) is 13.2 Å². The molecule has 1 heterocycles. The molecule has 0 bridgehead atoms. The van der Waals surface area contributed by atoms with Crippen LogP contribution in [0.4, 0.5) is 0 Å². The van der Waals surface area contributed by atoms with Crippen LogP contribution in [0.5, 0.6) is 11.5 Å². The van der Waals surface area contributed by atoms with Gasteiger partial charge < -0.3 is 19.3 Å². The average Bonchev–Trinajstić information content (AvgIpc) is 2.91. The zero-order valence-corrected chi connectivity index (χ0v) is 27.3. The van der Waals surface area contributed by atoms with Gasteiger partial charge in [0.2, 0.25) is 0 Å². The van der Waals surface area contributed by atoms with E-state index in [2.05, 4.69) is 34.6 Å². The molecule has 0 radical (unpaired) electrons. The van der Waals surface area contributed by atoms with E-state index in [0.717, 1.165) is 65.0 Å². The van der Waals surface area contributed by atoms with Gasteiger partial charge in [-0.25, -0.2) is 0 Å². The van der Waals surface area contributed by atoms with Gasteiger partial charge in [0.25, 0.3) is 0 Å². The molecule has 6 nitrogen and oxygen atoms in total. The molecule has 0 saturated heterocycles. The maximum atomic E-state index is 12.5. The summed E-state index contributed by atoms with van der Waals surface area (Å²) >= 11 is 0. The Morgan fingerprint density at radius 3 is 2.05 bits per heavy atom. The minimum atomic E-state index is -0.518. The smallest absolute Gasteiger partial charge is 0.311 e. The molecule has 41 heavy (non-hydrogen) atoms. The van der Waals surface area contributed by atoms with Crippen LogP contribution in [-0.2, 0) is 20.7 Å². The van der Waals surface area contributed by atoms with E-state index in [9.17, 15) is 9.59 Å². The Morgan fingerprint density at radius 1 is 0.854 bits per heavy atom. The molecule has 1 aliphatic heterocycles. The van der Waals surface area contributed by atoms with Crippen LogP contribution >= 0.6 is 0 Å². The first-order chi connectivity index (χ1) is 19.4. The Balaban J connectivity index is 1.86. The number of fused-ring (bicyclic) bond motifs is 1. The Morgan fingerprint density at radius 2 is 1.44 bits per heavy atom. The summed E-state index contributed by atoms with van der Waals surface area (Å²) in [6, 6.07) is 0. The summed E-state index contributed by atoms with van der Waals surface area (Å²) in [7, 11) is 0. The topological polar surface area (TPSA) is 82.1 Å². The van der Waals surface area contributed by atoms with Gasteiger partial charge >= 0.3 is 11.9 Å². The number of hydrogen-bond donors (Lipinski definition) is 1. The second-order valence-corrected chi connectivity index (χ2v) is 13.3. The molecule has 6 heteroatoms. The van der Waals surface area contributed by atoms with E-state index in [1.54, 1.807) is 0 Å². The van der Waals surface area contributed by atoms with Gasteiger partial charge in [0.05, 0.1) is 19.4 Å². The van der Waals surface area contributed by atoms with E-state index in [1.165, 1.54) is 51.4 Å². The highest BCUT2D eigenvalue weighted by atomic mass is 16.5.